The van der Waals surface area contributed by atoms with Gasteiger partial charge in [0, 0.05) is 13.2 Å². The maximum absolute atomic E-state index is 5.84. The molecule has 0 saturated carbocycles. The van der Waals surface area contributed by atoms with Gasteiger partial charge in [0.1, 0.15) is 0 Å². The van der Waals surface area contributed by atoms with E-state index in [2.05, 4.69) is 27.7 Å². The highest BCUT2D eigenvalue weighted by atomic mass is 16.6. The van der Waals surface area contributed by atoms with Crippen molar-refractivity contribution in [3.8, 4) is 0 Å². The maximum Gasteiger partial charge on any atom is 0.0781 e. The fourth-order valence-corrected chi connectivity index (χ4v) is 2.80. The van der Waals surface area contributed by atoms with Crippen LogP contribution in [-0.2, 0) is 14.2 Å². The lowest BCUT2D eigenvalue weighted by atomic mass is 10.1. The highest BCUT2D eigenvalue weighted by Gasteiger charge is 2.07. The Morgan fingerprint density at radius 3 is 1.64 bits per heavy atom. The molecule has 2 atom stereocenters. The minimum atomic E-state index is 0.153. The van der Waals surface area contributed by atoms with Crippen LogP contribution < -0.4 is 0 Å². The first-order valence-corrected chi connectivity index (χ1v) is 11.0. The third kappa shape index (κ3) is 20.0. The molecule has 0 aliphatic carbocycles. The van der Waals surface area contributed by atoms with Gasteiger partial charge in [-0.2, -0.15) is 0 Å². The lowest BCUT2D eigenvalue weighted by Gasteiger charge is -2.18. The van der Waals surface area contributed by atoms with Crippen molar-refractivity contribution >= 4 is 0 Å². The Balaban J connectivity index is 3.29. The van der Waals surface area contributed by atoms with Gasteiger partial charge in [0.2, 0.25) is 0 Å². The molecule has 25 heavy (non-hydrogen) atoms. The highest BCUT2D eigenvalue weighted by molar-refractivity contribution is 4.53. The van der Waals surface area contributed by atoms with E-state index >= 15 is 0 Å². The zero-order valence-electron chi connectivity index (χ0n) is 17.7. The van der Waals surface area contributed by atoms with Crippen molar-refractivity contribution < 1.29 is 14.2 Å². The summed E-state index contributed by atoms with van der Waals surface area (Å²) in [6, 6.07) is 0. The van der Waals surface area contributed by atoms with Crippen LogP contribution in [0.3, 0.4) is 0 Å². The van der Waals surface area contributed by atoms with Gasteiger partial charge in [-0.15, -0.1) is 0 Å². The third-order valence-electron chi connectivity index (χ3n) is 4.51. The second-order valence-electron chi connectivity index (χ2n) is 7.44. The van der Waals surface area contributed by atoms with E-state index in [1.54, 1.807) is 0 Å². The van der Waals surface area contributed by atoms with Crippen molar-refractivity contribution in [2.75, 3.05) is 26.4 Å². The molecule has 0 N–H and O–H groups in total. The summed E-state index contributed by atoms with van der Waals surface area (Å²) in [7, 11) is 0. The first-order chi connectivity index (χ1) is 12.2. The van der Waals surface area contributed by atoms with Crippen LogP contribution in [-0.4, -0.2) is 38.6 Å². The SMILES string of the molecule is CCCCCCCCCCOC(C)COC(C)COCCCCCC. The van der Waals surface area contributed by atoms with Gasteiger partial charge in [0.05, 0.1) is 25.4 Å². The zero-order chi connectivity index (χ0) is 18.6. The first kappa shape index (κ1) is 24.9. The summed E-state index contributed by atoms with van der Waals surface area (Å²) in [5.74, 6) is 0. The smallest absolute Gasteiger partial charge is 0.0781 e. The molecule has 2 unspecified atom stereocenters. The van der Waals surface area contributed by atoms with Crippen LogP contribution in [0.2, 0.25) is 0 Å². The summed E-state index contributed by atoms with van der Waals surface area (Å²) in [6.07, 6.45) is 16.1. The summed E-state index contributed by atoms with van der Waals surface area (Å²) in [4.78, 5) is 0. The molecule has 0 aliphatic heterocycles. The quantitative estimate of drug-likeness (QED) is 0.231. The van der Waals surface area contributed by atoms with Crippen LogP contribution in [0, 0.1) is 0 Å². The van der Waals surface area contributed by atoms with Gasteiger partial charge in [-0.1, -0.05) is 78.1 Å². The number of unbranched alkanes of at least 4 members (excludes halogenated alkanes) is 10. The Labute approximate surface area is 158 Å². The second kappa shape index (κ2) is 20.2. The molecule has 0 saturated heterocycles. The normalized spacial score (nSPS) is 13.9. The van der Waals surface area contributed by atoms with E-state index in [0.717, 1.165) is 13.2 Å². The molecule has 0 fully saturated rings. The van der Waals surface area contributed by atoms with Crippen molar-refractivity contribution in [3.05, 3.63) is 0 Å². The molecule has 0 aliphatic rings. The topological polar surface area (TPSA) is 27.7 Å². The fraction of sp³-hybridized carbons (Fsp3) is 1.00. The van der Waals surface area contributed by atoms with Gasteiger partial charge in [0.15, 0.2) is 0 Å². The van der Waals surface area contributed by atoms with E-state index in [-0.39, 0.29) is 12.2 Å². The zero-order valence-corrected chi connectivity index (χ0v) is 17.7. The Hall–Kier alpha value is -0.120. The second-order valence-corrected chi connectivity index (χ2v) is 7.44. The average Bonchev–Trinajstić information content (AvgIpc) is 2.61. The highest BCUT2D eigenvalue weighted by Crippen LogP contribution is 2.09. The van der Waals surface area contributed by atoms with Gasteiger partial charge in [0.25, 0.3) is 0 Å². The van der Waals surface area contributed by atoms with Crippen molar-refractivity contribution in [2.45, 2.75) is 117 Å². The lowest BCUT2D eigenvalue weighted by molar-refractivity contribution is -0.0577. The minimum absolute atomic E-state index is 0.153. The Morgan fingerprint density at radius 2 is 1.00 bits per heavy atom. The summed E-state index contributed by atoms with van der Waals surface area (Å²) in [6.45, 7) is 11.8. The Bertz CT molecular complexity index is 245. The van der Waals surface area contributed by atoms with Crippen molar-refractivity contribution in [1.29, 1.82) is 0 Å². The van der Waals surface area contributed by atoms with E-state index in [1.165, 1.54) is 77.0 Å². The maximum atomic E-state index is 5.84. The largest absolute Gasteiger partial charge is 0.379 e. The summed E-state index contributed by atoms with van der Waals surface area (Å²) in [5, 5.41) is 0. The molecule has 0 radical (unpaired) electrons. The molecule has 0 aromatic heterocycles. The molecule has 0 heterocycles. The predicted octanol–water partition coefficient (Wildman–Crippen LogP) is 6.53. The number of rotatable bonds is 20. The van der Waals surface area contributed by atoms with E-state index in [9.17, 15) is 0 Å². The monoisotopic (exact) mass is 358 g/mol. The van der Waals surface area contributed by atoms with Crippen LogP contribution >= 0.6 is 0 Å². The van der Waals surface area contributed by atoms with Crippen molar-refractivity contribution in [2.24, 2.45) is 0 Å². The van der Waals surface area contributed by atoms with Crippen LogP contribution in [0.25, 0.3) is 0 Å². The average molecular weight is 359 g/mol. The minimum Gasteiger partial charge on any atom is -0.379 e. The molecular weight excluding hydrogens is 312 g/mol. The van der Waals surface area contributed by atoms with Gasteiger partial charge in [-0.05, 0) is 26.7 Å². The van der Waals surface area contributed by atoms with E-state index in [4.69, 9.17) is 14.2 Å². The van der Waals surface area contributed by atoms with Crippen LogP contribution in [0.4, 0.5) is 0 Å². The number of hydrogen-bond donors (Lipinski definition) is 0. The molecule has 3 nitrogen and oxygen atoms in total. The van der Waals surface area contributed by atoms with Gasteiger partial charge in [-0.25, -0.2) is 0 Å². The molecule has 0 aromatic carbocycles. The molecule has 3 heteroatoms. The molecule has 0 spiro atoms. The molecular formula is C22H46O3. The van der Waals surface area contributed by atoms with Crippen molar-refractivity contribution in [1.82, 2.24) is 0 Å². The Morgan fingerprint density at radius 1 is 0.520 bits per heavy atom. The van der Waals surface area contributed by atoms with Crippen LogP contribution in [0.15, 0.2) is 0 Å². The summed E-state index contributed by atoms with van der Waals surface area (Å²) < 4.78 is 17.3. The standard InChI is InChI=1S/C22H46O3/c1-5-7-9-11-12-13-14-16-18-24-22(4)20-25-21(3)19-23-17-15-10-8-6-2/h21-22H,5-20H2,1-4H3. The van der Waals surface area contributed by atoms with Crippen molar-refractivity contribution in [3.63, 3.8) is 0 Å². The van der Waals surface area contributed by atoms with E-state index < -0.39 is 0 Å². The van der Waals surface area contributed by atoms with Crippen LogP contribution in [0.5, 0.6) is 0 Å². The predicted molar refractivity (Wildman–Crippen MR) is 108 cm³/mol. The van der Waals surface area contributed by atoms with Gasteiger partial charge >= 0.3 is 0 Å². The summed E-state index contributed by atoms with van der Waals surface area (Å²) >= 11 is 0. The molecule has 0 bridgehead atoms. The van der Waals surface area contributed by atoms with E-state index in [1.807, 2.05) is 0 Å². The lowest BCUT2D eigenvalue weighted by Crippen LogP contribution is -2.24. The van der Waals surface area contributed by atoms with E-state index in [0.29, 0.717) is 13.2 Å². The number of hydrogen-bond acceptors (Lipinski definition) is 3. The fourth-order valence-electron chi connectivity index (χ4n) is 2.80. The third-order valence-corrected chi connectivity index (χ3v) is 4.51. The first-order valence-electron chi connectivity index (χ1n) is 11.0. The molecule has 0 amide bonds. The molecule has 152 valence electrons. The Kier molecular flexibility index (Phi) is 20.1. The van der Waals surface area contributed by atoms with Gasteiger partial charge in [-0.3, -0.25) is 0 Å². The number of ether oxygens (including phenoxy) is 3. The van der Waals surface area contributed by atoms with Gasteiger partial charge < -0.3 is 14.2 Å². The molecule has 0 aromatic rings. The van der Waals surface area contributed by atoms with Crippen LogP contribution in [0.1, 0.15) is 105 Å². The molecule has 0 rings (SSSR count). The summed E-state index contributed by atoms with van der Waals surface area (Å²) in [5.41, 5.74) is 0.